The molecule has 1 aliphatic carbocycles. The molecule has 0 atom stereocenters. The van der Waals surface area contributed by atoms with Crippen LogP contribution in [0.3, 0.4) is 0 Å². The summed E-state index contributed by atoms with van der Waals surface area (Å²) in [7, 11) is 0. The molecule has 1 fully saturated rings. The van der Waals surface area contributed by atoms with Gasteiger partial charge in [-0.05, 0) is 56.7 Å². The predicted molar refractivity (Wildman–Crippen MR) is 110 cm³/mol. The minimum atomic E-state index is -0.136. The third-order valence-corrected chi connectivity index (χ3v) is 6.74. The van der Waals surface area contributed by atoms with Crippen molar-refractivity contribution in [2.75, 3.05) is 18.4 Å². The van der Waals surface area contributed by atoms with Crippen molar-refractivity contribution in [3.05, 3.63) is 51.4 Å². The Kier molecular flexibility index (Phi) is 5.30. The van der Waals surface area contributed by atoms with Crippen LogP contribution in [0.5, 0.6) is 0 Å². The van der Waals surface area contributed by atoms with Crippen LogP contribution >= 0.6 is 11.3 Å². The second kappa shape index (κ2) is 7.85. The molecule has 4 rings (SSSR count). The van der Waals surface area contributed by atoms with E-state index in [1.807, 2.05) is 36.1 Å². The van der Waals surface area contributed by atoms with Gasteiger partial charge in [0.25, 0.3) is 11.8 Å². The molecule has 2 amide bonds. The molecule has 2 aliphatic rings. The fourth-order valence-electron chi connectivity index (χ4n) is 4.11. The number of anilines is 1. The Bertz CT molecular complexity index is 863. The first-order chi connectivity index (χ1) is 13.1. The number of rotatable bonds is 3. The van der Waals surface area contributed by atoms with Gasteiger partial charge in [0, 0.05) is 23.5 Å². The fourth-order valence-corrected chi connectivity index (χ4v) is 5.39. The highest BCUT2D eigenvalue weighted by molar-refractivity contribution is 7.17. The Balaban J connectivity index is 1.63. The molecular weight excluding hydrogens is 356 g/mol. The molecule has 0 spiro atoms. The Labute approximate surface area is 164 Å². The molecular formula is C22H26N2O2S. The number of fused-ring (bicyclic) bond motifs is 1. The Hall–Kier alpha value is -2.14. The molecule has 2 heterocycles. The molecule has 0 saturated carbocycles. The van der Waals surface area contributed by atoms with Gasteiger partial charge in [-0.3, -0.25) is 9.59 Å². The zero-order valence-corrected chi connectivity index (χ0v) is 16.7. The highest BCUT2D eigenvalue weighted by Crippen LogP contribution is 2.40. The first-order valence-corrected chi connectivity index (χ1v) is 10.8. The number of carbonyl (C=O) groups excluding carboxylic acids is 2. The van der Waals surface area contributed by atoms with Crippen LogP contribution in [0.15, 0.2) is 24.3 Å². The summed E-state index contributed by atoms with van der Waals surface area (Å²) in [5.74, 6) is -0.0283. The molecule has 0 radical (unpaired) electrons. The molecule has 0 unspecified atom stereocenters. The van der Waals surface area contributed by atoms with Gasteiger partial charge in [-0.1, -0.05) is 30.5 Å². The summed E-state index contributed by atoms with van der Waals surface area (Å²) in [6, 6.07) is 7.57. The van der Waals surface area contributed by atoms with Crippen LogP contribution in [0.25, 0.3) is 0 Å². The zero-order chi connectivity index (χ0) is 18.8. The van der Waals surface area contributed by atoms with Crippen molar-refractivity contribution in [1.29, 1.82) is 0 Å². The molecule has 2 aromatic rings. The van der Waals surface area contributed by atoms with Gasteiger partial charge in [0.15, 0.2) is 0 Å². The second-order valence-corrected chi connectivity index (χ2v) is 8.70. The van der Waals surface area contributed by atoms with Gasteiger partial charge in [0.2, 0.25) is 0 Å². The third-order valence-electron chi connectivity index (χ3n) is 5.54. The van der Waals surface area contributed by atoms with Crippen molar-refractivity contribution in [2.24, 2.45) is 0 Å². The monoisotopic (exact) mass is 382 g/mol. The van der Waals surface area contributed by atoms with E-state index in [0.29, 0.717) is 5.56 Å². The first kappa shape index (κ1) is 18.2. The Morgan fingerprint density at radius 2 is 1.81 bits per heavy atom. The van der Waals surface area contributed by atoms with E-state index in [-0.39, 0.29) is 11.8 Å². The van der Waals surface area contributed by atoms with Crippen molar-refractivity contribution < 1.29 is 9.59 Å². The molecule has 1 aromatic heterocycles. The van der Waals surface area contributed by atoms with E-state index in [4.69, 9.17) is 0 Å². The van der Waals surface area contributed by atoms with Crippen molar-refractivity contribution in [3.63, 3.8) is 0 Å². The molecule has 5 heteroatoms. The summed E-state index contributed by atoms with van der Waals surface area (Å²) in [4.78, 5) is 29.4. The van der Waals surface area contributed by atoms with Gasteiger partial charge in [0.05, 0.1) is 5.56 Å². The number of benzene rings is 1. The van der Waals surface area contributed by atoms with Gasteiger partial charge in [-0.15, -0.1) is 11.3 Å². The van der Waals surface area contributed by atoms with E-state index in [1.54, 1.807) is 11.3 Å². The highest BCUT2D eigenvalue weighted by atomic mass is 32.1. The first-order valence-electron chi connectivity index (χ1n) is 9.95. The number of nitrogens with zero attached hydrogens (tertiary/aromatic N) is 1. The molecule has 0 bridgehead atoms. The van der Waals surface area contributed by atoms with E-state index in [0.717, 1.165) is 61.3 Å². The number of hydrogen-bond acceptors (Lipinski definition) is 3. The smallest absolute Gasteiger partial charge is 0.257 e. The SMILES string of the molecule is Cc1cccc(C(=O)Nc2sc3c(c2C(=O)N2CCCCCC2)CCC3)c1. The quantitative estimate of drug-likeness (QED) is 0.828. The lowest BCUT2D eigenvalue weighted by molar-refractivity contribution is 0.0762. The summed E-state index contributed by atoms with van der Waals surface area (Å²) in [5.41, 5.74) is 3.62. The van der Waals surface area contributed by atoms with Crippen LogP contribution in [0.2, 0.25) is 0 Å². The number of likely N-dealkylation sites (tertiary alicyclic amines) is 1. The normalized spacial score (nSPS) is 16.7. The van der Waals surface area contributed by atoms with E-state index in [2.05, 4.69) is 5.32 Å². The lowest BCUT2D eigenvalue weighted by Gasteiger charge is -2.21. The van der Waals surface area contributed by atoms with Gasteiger partial charge >= 0.3 is 0 Å². The lowest BCUT2D eigenvalue weighted by atomic mass is 10.1. The Morgan fingerprint density at radius 1 is 1.04 bits per heavy atom. The maximum Gasteiger partial charge on any atom is 0.257 e. The van der Waals surface area contributed by atoms with Crippen LogP contribution in [-0.2, 0) is 12.8 Å². The molecule has 4 nitrogen and oxygen atoms in total. The van der Waals surface area contributed by atoms with Gasteiger partial charge in [-0.25, -0.2) is 0 Å². The number of nitrogens with one attached hydrogen (secondary N) is 1. The highest BCUT2D eigenvalue weighted by Gasteiger charge is 2.30. The molecule has 142 valence electrons. The van der Waals surface area contributed by atoms with Crippen molar-refractivity contribution in [1.82, 2.24) is 4.90 Å². The summed E-state index contributed by atoms with van der Waals surface area (Å²) in [6.45, 7) is 3.63. The number of thiophene rings is 1. The lowest BCUT2D eigenvalue weighted by Crippen LogP contribution is -2.32. The summed E-state index contributed by atoms with van der Waals surface area (Å²) in [6.07, 6.45) is 7.60. The number of aryl methyl sites for hydroxylation is 2. The fraction of sp³-hybridized carbons (Fsp3) is 0.455. The van der Waals surface area contributed by atoms with Crippen molar-refractivity contribution in [3.8, 4) is 0 Å². The molecule has 27 heavy (non-hydrogen) atoms. The van der Waals surface area contributed by atoms with Crippen LogP contribution in [-0.4, -0.2) is 29.8 Å². The van der Waals surface area contributed by atoms with Crippen molar-refractivity contribution >= 4 is 28.2 Å². The summed E-state index contributed by atoms with van der Waals surface area (Å²) < 4.78 is 0. The maximum atomic E-state index is 13.3. The summed E-state index contributed by atoms with van der Waals surface area (Å²) in [5, 5.41) is 3.79. The number of hydrogen-bond donors (Lipinski definition) is 1. The van der Waals surface area contributed by atoms with E-state index >= 15 is 0 Å². The molecule has 1 N–H and O–H groups in total. The van der Waals surface area contributed by atoms with Gasteiger partial charge in [0.1, 0.15) is 5.00 Å². The maximum absolute atomic E-state index is 13.3. The zero-order valence-electron chi connectivity index (χ0n) is 15.8. The average molecular weight is 383 g/mol. The standard InChI is InChI=1S/C22H26N2O2S/c1-15-8-6-9-16(14-15)20(25)23-21-19(17-10-7-11-18(17)27-21)22(26)24-12-4-2-3-5-13-24/h6,8-9,14H,2-5,7,10-13H2,1H3,(H,23,25). The van der Waals surface area contributed by atoms with Crippen molar-refractivity contribution in [2.45, 2.75) is 51.9 Å². The van der Waals surface area contributed by atoms with Crippen LogP contribution in [0, 0.1) is 6.92 Å². The Morgan fingerprint density at radius 3 is 2.56 bits per heavy atom. The van der Waals surface area contributed by atoms with Crippen LogP contribution in [0.1, 0.15) is 68.8 Å². The minimum absolute atomic E-state index is 0.107. The average Bonchev–Trinajstić information content (AvgIpc) is 3.11. The van der Waals surface area contributed by atoms with E-state index in [9.17, 15) is 9.59 Å². The minimum Gasteiger partial charge on any atom is -0.339 e. The van der Waals surface area contributed by atoms with Gasteiger partial charge < -0.3 is 10.2 Å². The number of amides is 2. The number of carbonyl (C=O) groups is 2. The van der Waals surface area contributed by atoms with E-state index in [1.165, 1.54) is 23.3 Å². The van der Waals surface area contributed by atoms with Crippen LogP contribution < -0.4 is 5.32 Å². The van der Waals surface area contributed by atoms with Gasteiger partial charge in [-0.2, -0.15) is 0 Å². The topological polar surface area (TPSA) is 49.4 Å². The summed E-state index contributed by atoms with van der Waals surface area (Å²) >= 11 is 1.59. The van der Waals surface area contributed by atoms with E-state index < -0.39 is 0 Å². The molecule has 1 aliphatic heterocycles. The predicted octanol–water partition coefficient (Wildman–Crippen LogP) is 4.81. The third kappa shape index (κ3) is 3.79. The second-order valence-electron chi connectivity index (χ2n) is 7.59. The molecule has 1 saturated heterocycles. The van der Waals surface area contributed by atoms with Crippen LogP contribution in [0.4, 0.5) is 5.00 Å². The largest absolute Gasteiger partial charge is 0.339 e. The molecule has 1 aromatic carbocycles.